The Morgan fingerprint density at radius 3 is 2.81 bits per heavy atom. The van der Waals surface area contributed by atoms with E-state index in [1.807, 2.05) is 6.08 Å². The van der Waals surface area contributed by atoms with Crippen molar-refractivity contribution in [1.29, 1.82) is 0 Å². The molecule has 0 aromatic rings. The molecule has 0 N–H and O–H groups in total. The predicted molar refractivity (Wildman–Crippen MR) is 62.1 cm³/mol. The molecular weight excluding hydrogens is 200 g/mol. The van der Waals surface area contributed by atoms with Crippen molar-refractivity contribution in [2.75, 3.05) is 0 Å². The average Bonchev–Trinajstić information content (AvgIpc) is 2.96. The summed E-state index contributed by atoms with van der Waals surface area (Å²) in [6, 6.07) is 0. The van der Waals surface area contributed by atoms with Gasteiger partial charge in [0.05, 0.1) is 0 Å². The van der Waals surface area contributed by atoms with Crippen LogP contribution in [0.4, 0.5) is 0 Å². The van der Waals surface area contributed by atoms with Gasteiger partial charge in [-0.3, -0.25) is 4.79 Å². The number of fused-ring (bicyclic) bond motifs is 3. The van der Waals surface area contributed by atoms with Crippen molar-refractivity contribution in [2.24, 2.45) is 11.3 Å². The number of hydrogen-bond acceptors (Lipinski definition) is 2. The first-order valence-corrected chi connectivity index (χ1v) is 6.41. The smallest absolute Gasteiger partial charge is 0.155 e. The lowest BCUT2D eigenvalue weighted by Gasteiger charge is -2.40. The molecule has 16 heavy (non-hydrogen) atoms. The van der Waals surface area contributed by atoms with Crippen molar-refractivity contribution < 1.29 is 9.53 Å². The largest absolute Gasteiger partial charge is 0.361 e. The summed E-state index contributed by atoms with van der Waals surface area (Å²) in [5.41, 5.74) is 1.61. The highest BCUT2D eigenvalue weighted by molar-refractivity contribution is 5.92. The van der Waals surface area contributed by atoms with E-state index in [4.69, 9.17) is 4.74 Å². The summed E-state index contributed by atoms with van der Waals surface area (Å²) in [4.78, 5) is 11.6. The van der Waals surface area contributed by atoms with E-state index < -0.39 is 0 Å². The van der Waals surface area contributed by atoms with Crippen molar-refractivity contribution in [3.63, 3.8) is 0 Å². The molecule has 0 radical (unpaired) electrons. The van der Waals surface area contributed by atoms with Crippen LogP contribution in [0.3, 0.4) is 0 Å². The maximum absolute atomic E-state index is 11.6. The van der Waals surface area contributed by atoms with Crippen molar-refractivity contribution in [3.8, 4) is 0 Å². The van der Waals surface area contributed by atoms with Gasteiger partial charge in [-0.2, -0.15) is 0 Å². The van der Waals surface area contributed by atoms with Gasteiger partial charge in [-0.05, 0) is 42.2 Å². The topological polar surface area (TPSA) is 29.6 Å². The molecule has 2 aliphatic carbocycles. The number of rotatable bonds is 1. The molecule has 1 heterocycles. The van der Waals surface area contributed by atoms with Crippen LogP contribution in [0.15, 0.2) is 11.6 Å². The molecule has 1 saturated heterocycles. The highest BCUT2D eigenvalue weighted by atomic mass is 16.6. The van der Waals surface area contributed by atoms with Gasteiger partial charge in [-0.1, -0.05) is 20.8 Å². The standard InChI is InChI=1S/C14H20O2/c1-9(2)14-7-6-13(3)5-4-10(15)8-11(13)12(14)16-14/h8-9,12H,4-7H2,1-3H3. The second-order valence-electron chi connectivity index (χ2n) is 6.23. The number of allylic oxidation sites excluding steroid dienone is 1. The Hall–Kier alpha value is -0.630. The molecule has 2 heteroatoms. The van der Waals surface area contributed by atoms with E-state index in [-0.39, 0.29) is 17.1 Å². The highest BCUT2D eigenvalue weighted by Gasteiger charge is 2.65. The van der Waals surface area contributed by atoms with Crippen LogP contribution in [-0.4, -0.2) is 17.5 Å². The number of carbonyl (C=O) groups is 1. The van der Waals surface area contributed by atoms with E-state index in [1.54, 1.807) is 0 Å². The fraction of sp³-hybridized carbons (Fsp3) is 0.786. The third-order valence-corrected chi connectivity index (χ3v) is 4.99. The van der Waals surface area contributed by atoms with Crippen LogP contribution in [-0.2, 0) is 9.53 Å². The van der Waals surface area contributed by atoms with Crippen molar-refractivity contribution >= 4 is 5.78 Å². The zero-order valence-corrected chi connectivity index (χ0v) is 10.4. The van der Waals surface area contributed by atoms with Gasteiger partial charge in [0.2, 0.25) is 0 Å². The molecule has 3 rings (SSSR count). The molecule has 3 unspecified atom stereocenters. The molecule has 0 amide bonds. The Bertz CT molecular complexity index is 382. The van der Waals surface area contributed by atoms with Crippen molar-refractivity contribution in [1.82, 2.24) is 0 Å². The summed E-state index contributed by atoms with van der Waals surface area (Å²) in [5, 5.41) is 0. The highest BCUT2D eigenvalue weighted by Crippen LogP contribution is 2.62. The number of ether oxygens (including phenoxy) is 1. The van der Waals surface area contributed by atoms with E-state index in [1.165, 1.54) is 12.0 Å². The monoisotopic (exact) mass is 220 g/mol. The number of ketones is 1. The van der Waals surface area contributed by atoms with Gasteiger partial charge >= 0.3 is 0 Å². The van der Waals surface area contributed by atoms with Gasteiger partial charge < -0.3 is 4.74 Å². The molecular formula is C14H20O2. The molecule has 1 saturated carbocycles. The van der Waals surface area contributed by atoms with Gasteiger partial charge in [0.15, 0.2) is 5.78 Å². The van der Waals surface area contributed by atoms with Gasteiger partial charge in [0.1, 0.15) is 11.7 Å². The summed E-state index contributed by atoms with van der Waals surface area (Å²) in [6.07, 6.45) is 6.22. The third kappa shape index (κ3) is 1.20. The Labute approximate surface area is 97.1 Å². The van der Waals surface area contributed by atoms with E-state index >= 15 is 0 Å². The Kier molecular flexibility index (Phi) is 1.96. The zero-order chi connectivity index (χ0) is 11.6. The molecule has 88 valence electrons. The van der Waals surface area contributed by atoms with E-state index in [9.17, 15) is 4.79 Å². The molecule has 0 aromatic carbocycles. The summed E-state index contributed by atoms with van der Waals surface area (Å²) in [7, 11) is 0. The SMILES string of the molecule is CC(C)C12CCC3(C)CCC(=O)C=C3C1O2. The second-order valence-corrected chi connectivity index (χ2v) is 6.23. The Balaban J connectivity index is 1.97. The van der Waals surface area contributed by atoms with Gasteiger partial charge in [-0.25, -0.2) is 0 Å². The number of epoxide rings is 1. The summed E-state index contributed by atoms with van der Waals surface area (Å²) >= 11 is 0. The minimum absolute atomic E-state index is 0.0724. The van der Waals surface area contributed by atoms with Gasteiger partial charge in [-0.15, -0.1) is 0 Å². The lowest BCUT2D eigenvalue weighted by Crippen LogP contribution is -2.38. The Morgan fingerprint density at radius 2 is 2.12 bits per heavy atom. The first-order chi connectivity index (χ1) is 7.48. The van der Waals surface area contributed by atoms with Crippen LogP contribution in [0.5, 0.6) is 0 Å². The van der Waals surface area contributed by atoms with E-state index in [0.717, 1.165) is 19.3 Å². The molecule has 0 spiro atoms. The molecule has 3 aliphatic rings. The van der Waals surface area contributed by atoms with Crippen LogP contribution in [0, 0.1) is 11.3 Å². The molecule has 0 bridgehead atoms. The lowest BCUT2D eigenvalue weighted by molar-refractivity contribution is -0.115. The molecule has 0 aromatic heterocycles. The van der Waals surface area contributed by atoms with Gasteiger partial charge in [0, 0.05) is 6.42 Å². The second kappa shape index (κ2) is 2.98. The van der Waals surface area contributed by atoms with E-state index in [2.05, 4.69) is 20.8 Å². The van der Waals surface area contributed by atoms with Crippen LogP contribution in [0.1, 0.15) is 46.5 Å². The summed E-state index contributed by atoms with van der Waals surface area (Å²) in [6.45, 7) is 6.76. The number of hydrogen-bond donors (Lipinski definition) is 0. The normalized spacial score (nSPS) is 46.1. The van der Waals surface area contributed by atoms with Crippen LogP contribution in [0.2, 0.25) is 0 Å². The molecule has 3 atom stereocenters. The number of carbonyl (C=O) groups excluding carboxylic acids is 1. The predicted octanol–water partition coefficient (Wildman–Crippen LogP) is 2.87. The zero-order valence-electron chi connectivity index (χ0n) is 10.4. The first kappa shape index (κ1) is 10.5. The van der Waals surface area contributed by atoms with Crippen LogP contribution < -0.4 is 0 Å². The van der Waals surface area contributed by atoms with Crippen molar-refractivity contribution in [3.05, 3.63) is 11.6 Å². The molecule has 1 aliphatic heterocycles. The minimum Gasteiger partial charge on any atom is -0.361 e. The van der Waals surface area contributed by atoms with Crippen molar-refractivity contribution in [2.45, 2.75) is 58.2 Å². The maximum atomic E-state index is 11.6. The minimum atomic E-state index is 0.0724. The maximum Gasteiger partial charge on any atom is 0.155 e. The fourth-order valence-electron chi connectivity index (χ4n) is 3.53. The van der Waals surface area contributed by atoms with Gasteiger partial charge in [0.25, 0.3) is 0 Å². The lowest BCUT2D eigenvalue weighted by atomic mass is 9.62. The molecule has 2 fully saturated rings. The first-order valence-electron chi connectivity index (χ1n) is 6.41. The van der Waals surface area contributed by atoms with Crippen LogP contribution >= 0.6 is 0 Å². The Morgan fingerprint density at radius 1 is 1.38 bits per heavy atom. The molecule has 2 nitrogen and oxygen atoms in total. The fourth-order valence-corrected chi connectivity index (χ4v) is 3.53. The summed E-state index contributed by atoms with van der Waals surface area (Å²) in [5.74, 6) is 0.850. The summed E-state index contributed by atoms with van der Waals surface area (Å²) < 4.78 is 5.99. The van der Waals surface area contributed by atoms with E-state index in [0.29, 0.717) is 11.7 Å². The average molecular weight is 220 g/mol. The third-order valence-electron chi connectivity index (χ3n) is 4.99. The van der Waals surface area contributed by atoms with Crippen LogP contribution in [0.25, 0.3) is 0 Å². The quantitative estimate of drug-likeness (QED) is 0.636.